The lowest BCUT2D eigenvalue weighted by molar-refractivity contribution is 0.0996. The topological polar surface area (TPSA) is 17.1 Å². The third kappa shape index (κ3) is 1.53. The molecule has 3 aromatic rings. The number of fused-ring (bicyclic) bond motifs is 4. The second-order valence-corrected chi connectivity index (χ2v) is 5.42. The number of hydrogen-bond acceptors (Lipinski definition) is 1. The van der Waals surface area contributed by atoms with Crippen molar-refractivity contribution in [1.82, 2.24) is 0 Å². The van der Waals surface area contributed by atoms with Gasteiger partial charge in [-0.2, -0.15) is 0 Å². The summed E-state index contributed by atoms with van der Waals surface area (Å²) in [5.74, 6) is 0.228. The van der Waals surface area contributed by atoms with E-state index in [1.54, 1.807) is 0 Å². The summed E-state index contributed by atoms with van der Waals surface area (Å²) in [5.41, 5.74) is 3.19. The van der Waals surface area contributed by atoms with Crippen molar-refractivity contribution in [2.75, 3.05) is 0 Å². The minimum absolute atomic E-state index is 0.228. The van der Waals surface area contributed by atoms with E-state index in [2.05, 4.69) is 43.3 Å². The molecule has 4 rings (SSSR count). The number of carbonyl (C=O) groups excluding carboxylic acids is 1. The Morgan fingerprint density at radius 1 is 0.900 bits per heavy atom. The molecule has 0 amide bonds. The van der Waals surface area contributed by atoms with Crippen LogP contribution in [0, 0.1) is 0 Å². The summed E-state index contributed by atoms with van der Waals surface area (Å²) in [6.07, 6.45) is 2.54. The molecular weight excluding hydrogens is 244 g/mol. The Kier molecular flexibility index (Phi) is 2.31. The number of hydrogen-bond donors (Lipinski definition) is 0. The van der Waals surface area contributed by atoms with Gasteiger partial charge in [0.2, 0.25) is 0 Å². The second kappa shape index (κ2) is 4.04. The summed E-state index contributed by atoms with van der Waals surface area (Å²) >= 11 is 0. The maximum atomic E-state index is 12.3. The fourth-order valence-electron chi connectivity index (χ4n) is 3.10. The van der Waals surface area contributed by atoms with Gasteiger partial charge in [0.1, 0.15) is 0 Å². The predicted octanol–water partition coefficient (Wildman–Crippen LogP) is 4.98. The molecule has 0 unspecified atom stereocenters. The highest BCUT2D eigenvalue weighted by atomic mass is 16.1. The van der Waals surface area contributed by atoms with Crippen LogP contribution in [0.25, 0.3) is 27.1 Å². The Morgan fingerprint density at radius 2 is 1.65 bits per heavy atom. The van der Waals surface area contributed by atoms with E-state index in [0.29, 0.717) is 6.42 Å². The number of benzene rings is 3. The molecule has 0 bridgehead atoms. The van der Waals surface area contributed by atoms with Crippen molar-refractivity contribution in [3.8, 4) is 0 Å². The molecule has 0 saturated carbocycles. The van der Waals surface area contributed by atoms with Gasteiger partial charge in [-0.25, -0.2) is 0 Å². The van der Waals surface area contributed by atoms with Crippen LogP contribution < -0.4 is 0 Å². The molecular formula is C19H14O. The van der Waals surface area contributed by atoms with Crippen LogP contribution in [0.15, 0.2) is 54.6 Å². The van der Waals surface area contributed by atoms with E-state index in [9.17, 15) is 4.79 Å². The number of ketones is 1. The SMILES string of the molecule is CC1=CCC(=O)c2c1ccc1cc3ccccc3cc21. The van der Waals surface area contributed by atoms with Crippen LogP contribution in [0.1, 0.15) is 29.3 Å². The Bertz CT molecular complexity index is 900. The van der Waals surface area contributed by atoms with Crippen LogP contribution in [0.2, 0.25) is 0 Å². The highest BCUT2D eigenvalue weighted by Crippen LogP contribution is 2.34. The number of carbonyl (C=O) groups is 1. The molecule has 0 fully saturated rings. The smallest absolute Gasteiger partial charge is 0.167 e. The molecule has 3 aromatic carbocycles. The third-order valence-electron chi connectivity index (χ3n) is 4.18. The predicted molar refractivity (Wildman–Crippen MR) is 84.1 cm³/mol. The molecule has 1 heteroatoms. The number of allylic oxidation sites excluding steroid dienone is 2. The van der Waals surface area contributed by atoms with Crippen LogP contribution >= 0.6 is 0 Å². The summed E-state index contributed by atoms with van der Waals surface area (Å²) in [4.78, 5) is 12.3. The van der Waals surface area contributed by atoms with Gasteiger partial charge in [-0.1, -0.05) is 42.5 Å². The maximum absolute atomic E-state index is 12.3. The Hall–Kier alpha value is -2.41. The van der Waals surface area contributed by atoms with E-state index < -0.39 is 0 Å². The minimum Gasteiger partial charge on any atom is -0.294 e. The van der Waals surface area contributed by atoms with Gasteiger partial charge in [0.25, 0.3) is 0 Å². The van der Waals surface area contributed by atoms with Gasteiger partial charge in [-0.05, 0) is 51.7 Å². The van der Waals surface area contributed by atoms with Crippen molar-refractivity contribution in [1.29, 1.82) is 0 Å². The van der Waals surface area contributed by atoms with Gasteiger partial charge in [-0.3, -0.25) is 4.79 Å². The van der Waals surface area contributed by atoms with Crippen molar-refractivity contribution in [3.63, 3.8) is 0 Å². The summed E-state index contributed by atoms with van der Waals surface area (Å²) < 4.78 is 0. The van der Waals surface area contributed by atoms with E-state index in [-0.39, 0.29) is 5.78 Å². The molecule has 0 aromatic heterocycles. The van der Waals surface area contributed by atoms with Gasteiger partial charge in [0, 0.05) is 12.0 Å². The first-order chi connectivity index (χ1) is 9.74. The average Bonchev–Trinajstić information content (AvgIpc) is 2.48. The zero-order chi connectivity index (χ0) is 13.7. The number of rotatable bonds is 0. The summed E-state index contributed by atoms with van der Waals surface area (Å²) in [5, 5.41) is 4.63. The van der Waals surface area contributed by atoms with Gasteiger partial charge in [0.05, 0.1) is 0 Å². The second-order valence-electron chi connectivity index (χ2n) is 5.42. The third-order valence-corrected chi connectivity index (χ3v) is 4.18. The fourth-order valence-corrected chi connectivity index (χ4v) is 3.10. The molecule has 0 aliphatic heterocycles. The lowest BCUT2D eigenvalue weighted by Crippen LogP contribution is -2.07. The summed E-state index contributed by atoms with van der Waals surface area (Å²) in [6.45, 7) is 2.08. The molecule has 20 heavy (non-hydrogen) atoms. The van der Waals surface area contributed by atoms with Gasteiger partial charge < -0.3 is 0 Å². The van der Waals surface area contributed by atoms with Crippen molar-refractivity contribution in [3.05, 3.63) is 65.7 Å². The van der Waals surface area contributed by atoms with E-state index >= 15 is 0 Å². The monoisotopic (exact) mass is 258 g/mol. The van der Waals surface area contributed by atoms with Crippen molar-refractivity contribution in [2.24, 2.45) is 0 Å². The van der Waals surface area contributed by atoms with Crippen LogP contribution in [-0.4, -0.2) is 5.78 Å². The lowest BCUT2D eigenvalue weighted by atomic mass is 9.86. The Balaban J connectivity index is 2.18. The van der Waals surface area contributed by atoms with E-state index in [1.165, 1.54) is 16.3 Å². The zero-order valence-electron chi connectivity index (χ0n) is 11.3. The fraction of sp³-hybridized carbons (Fsp3) is 0.105. The molecule has 1 aliphatic rings. The Morgan fingerprint density at radius 3 is 2.45 bits per heavy atom. The van der Waals surface area contributed by atoms with E-state index in [4.69, 9.17) is 0 Å². The van der Waals surface area contributed by atoms with Gasteiger partial charge in [0.15, 0.2) is 5.78 Å². The van der Waals surface area contributed by atoms with Gasteiger partial charge >= 0.3 is 0 Å². The maximum Gasteiger partial charge on any atom is 0.167 e. The normalized spacial score (nSPS) is 14.4. The molecule has 96 valence electrons. The summed E-state index contributed by atoms with van der Waals surface area (Å²) in [7, 11) is 0. The summed E-state index contributed by atoms with van der Waals surface area (Å²) in [6, 6.07) is 16.8. The largest absolute Gasteiger partial charge is 0.294 e. The van der Waals surface area contributed by atoms with Crippen LogP contribution in [0.5, 0.6) is 0 Å². The average molecular weight is 258 g/mol. The van der Waals surface area contributed by atoms with Gasteiger partial charge in [-0.15, -0.1) is 0 Å². The molecule has 1 aliphatic carbocycles. The molecule has 0 saturated heterocycles. The standard InChI is InChI=1S/C19H14O/c1-12-6-9-18(20)19-16(12)8-7-15-10-13-4-2-3-5-14(13)11-17(15)19/h2-8,10-11H,9H2,1H3. The first-order valence-electron chi connectivity index (χ1n) is 6.90. The quantitative estimate of drug-likeness (QED) is 0.519. The minimum atomic E-state index is 0.228. The molecule has 0 N–H and O–H groups in total. The van der Waals surface area contributed by atoms with Crippen molar-refractivity contribution in [2.45, 2.75) is 13.3 Å². The van der Waals surface area contributed by atoms with Crippen LogP contribution in [0.3, 0.4) is 0 Å². The molecule has 0 radical (unpaired) electrons. The number of Topliss-reactive ketones (excluding diaryl/α,β-unsaturated/α-hetero) is 1. The first kappa shape index (κ1) is 11.4. The Labute approximate surface area is 117 Å². The highest BCUT2D eigenvalue weighted by Gasteiger charge is 2.19. The van der Waals surface area contributed by atoms with E-state index in [0.717, 1.165) is 21.9 Å². The molecule has 0 atom stereocenters. The van der Waals surface area contributed by atoms with Crippen LogP contribution in [0.4, 0.5) is 0 Å². The molecule has 0 spiro atoms. The van der Waals surface area contributed by atoms with Crippen molar-refractivity contribution < 1.29 is 4.79 Å². The molecule has 1 nitrogen and oxygen atoms in total. The van der Waals surface area contributed by atoms with E-state index in [1.807, 2.05) is 18.2 Å². The molecule has 0 heterocycles. The zero-order valence-corrected chi connectivity index (χ0v) is 11.3. The lowest BCUT2D eigenvalue weighted by Gasteiger charge is -2.17. The van der Waals surface area contributed by atoms with Crippen LogP contribution in [-0.2, 0) is 0 Å². The highest BCUT2D eigenvalue weighted by molar-refractivity contribution is 6.16. The van der Waals surface area contributed by atoms with Crippen molar-refractivity contribution >= 4 is 32.9 Å². The first-order valence-corrected chi connectivity index (χ1v) is 6.90.